The summed E-state index contributed by atoms with van der Waals surface area (Å²) in [6, 6.07) is 14.4. The highest BCUT2D eigenvalue weighted by Gasteiger charge is 2.23. The molecule has 0 aromatic heterocycles. The number of hydrogen-bond acceptors (Lipinski definition) is 3. The average Bonchev–Trinajstić information content (AvgIpc) is 2.62. The lowest BCUT2D eigenvalue weighted by Crippen LogP contribution is -2.30. The molecule has 0 spiro atoms. The van der Waals surface area contributed by atoms with Crippen LogP contribution in [0.25, 0.3) is 0 Å². The molecule has 0 saturated carbocycles. The highest BCUT2D eigenvalue weighted by atomic mass is 16.2. The summed E-state index contributed by atoms with van der Waals surface area (Å²) in [4.78, 5) is 26.2. The summed E-state index contributed by atoms with van der Waals surface area (Å²) in [7, 11) is 3.39. The van der Waals surface area contributed by atoms with Gasteiger partial charge in [-0.2, -0.15) is 0 Å². The summed E-state index contributed by atoms with van der Waals surface area (Å²) in [5.41, 5.74) is 9.20. The molecule has 5 nitrogen and oxygen atoms in total. The lowest BCUT2D eigenvalue weighted by Gasteiger charge is -2.21. The number of aryl methyl sites for hydroxylation is 1. The number of carbonyl (C=O) groups is 2. The first-order chi connectivity index (χ1) is 11.8. The Bertz CT molecular complexity index is 757. The monoisotopic (exact) mass is 339 g/mol. The topological polar surface area (TPSA) is 75.4 Å². The van der Waals surface area contributed by atoms with Crippen LogP contribution in [0, 0.1) is 12.8 Å². The van der Waals surface area contributed by atoms with Gasteiger partial charge in [-0.15, -0.1) is 0 Å². The second-order valence-electron chi connectivity index (χ2n) is 6.44. The molecule has 0 aliphatic rings. The summed E-state index contributed by atoms with van der Waals surface area (Å²) < 4.78 is 0. The lowest BCUT2D eigenvalue weighted by atomic mass is 9.94. The Morgan fingerprint density at radius 1 is 1.08 bits per heavy atom. The summed E-state index contributed by atoms with van der Waals surface area (Å²) in [5.74, 6) is -0.687. The van der Waals surface area contributed by atoms with Gasteiger partial charge in [-0.25, -0.2) is 0 Å². The van der Waals surface area contributed by atoms with Crippen molar-refractivity contribution in [1.29, 1.82) is 0 Å². The van der Waals surface area contributed by atoms with Gasteiger partial charge in [-0.1, -0.05) is 43.3 Å². The van der Waals surface area contributed by atoms with E-state index >= 15 is 0 Å². The fourth-order valence-corrected chi connectivity index (χ4v) is 2.52. The molecule has 0 saturated heterocycles. The molecule has 2 aromatic carbocycles. The summed E-state index contributed by atoms with van der Waals surface area (Å²) in [6.07, 6.45) is 0. The molecule has 2 unspecified atom stereocenters. The smallest absolute Gasteiger partial charge is 0.253 e. The Hall–Kier alpha value is -2.66. The normalized spacial score (nSPS) is 13.0. The van der Waals surface area contributed by atoms with E-state index in [1.807, 2.05) is 43.3 Å². The van der Waals surface area contributed by atoms with Gasteiger partial charge >= 0.3 is 0 Å². The second kappa shape index (κ2) is 7.94. The fraction of sp³-hybridized carbons (Fsp3) is 0.300. The maximum absolute atomic E-state index is 12.6. The minimum absolute atomic E-state index is 0.107. The minimum Gasteiger partial charge on any atom is -0.345 e. The quantitative estimate of drug-likeness (QED) is 0.879. The van der Waals surface area contributed by atoms with Gasteiger partial charge in [0.05, 0.1) is 5.92 Å². The highest BCUT2D eigenvalue weighted by molar-refractivity contribution is 5.98. The van der Waals surface area contributed by atoms with Crippen LogP contribution in [0.4, 0.5) is 5.69 Å². The molecular formula is C20H25N3O2. The standard InChI is InChI=1S/C20H25N3O2/c1-13-10-11-16(20(25)23(3)4)12-17(13)22-19(24)14(2)18(21)15-8-6-5-7-9-15/h5-12,14,18H,21H2,1-4H3,(H,22,24). The van der Waals surface area contributed by atoms with Crippen LogP contribution < -0.4 is 11.1 Å². The molecule has 0 radical (unpaired) electrons. The number of nitrogens with one attached hydrogen (secondary N) is 1. The minimum atomic E-state index is -0.407. The number of amides is 2. The number of benzene rings is 2. The van der Waals surface area contributed by atoms with Crippen LogP contribution in [0.3, 0.4) is 0 Å². The number of anilines is 1. The third-order valence-electron chi connectivity index (χ3n) is 4.29. The first kappa shape index (κ1) is 18.7. The average molecular weight is 339 g/mol. The van der Waals surface area contributed by atoms with Crippen molar-refractivity contribution in [1.82, 2.24) is 4.90 Å². The predicted molar refractivity (Wildman–Crippen MR) is 100 cm³/mol. The summed E-state index contributed by atoms with van der Waals surface area (Å²) in [5, 5.41) is 2.91. The van der Waals surface area contributed by atoms with Crippen molar-refractivity contribution in [3.8, 4) is 0 Å². The first-order valence-electron chi connectivity index (χ1n) is 8.25. The van der Waals surface area contributed by atoms with Crippen molar-refractivity contribution in [2.75, 3.05) is 19.4 Å². The number of nitrogens with zero attached hydrogens (tertiary/aromatic N) is 1. The molecule has 0 aliphatic heterocycles. The maximum atomic E-state index is 12.6. The Kier molecular flexibility index (Phi) is 5.93. The van der Waals surface area contributed by atoms with Crippen LogP contribution in [0.15, 0.2) is 48.5 Å². The highest BCUT2D eigenvalue weighted by Crippen LogP contribution is 2.23. The zero-order valence-electron chi connectivity index (χ0n) is 15.1. The molecule has 0 fully saturated rings. The van der Waals surface area contributed by atoms with Gasteiger partial charge in [0.1, 0.15) is 0 Å². The van der Waals surface area contributed by atoms with Crippen LogP contribution in [-0.4, -0.2) is 30.8 Å². The molecule has 0 bridgehead atoms. The van der Waals surface area contributed by atoms with Crippen LogP contribution in [0.1, 0.15) is 34.5 Å². The summed E-state index contributed by atoms with van der Waals surface area (Å²) >= 11 is 0. The molecule has 132 valence electrons. The van der Waals surface area contributed by atoms with Gasteiger partial charge in [0.2, 0.25) is 5.91 Å². The number of nitrogens with two attached hydrogens (primary N) is 1. The van der Waals surface area contributed by atoms with E-state index in [2.05, 4.69) is 5.32 Å². The Morgan fingerprint density at radius 3 is 2.32 bits per heavy atom. The van der Waals surface area contributed by atoms with Crippen molar-refractivity contribution in [2.45, 2.75) is 19.9 Å². The molecule has 2 atom stereocenters. The molecular weight excluding hydrogens is 314 g/mol. The van der Waals surface area contributed by atoms with Gasteiger partial charge < -0.3 is 16.0 Å². The van der Waals surface area contributed by atoms with Gasteiger partial charge in [-0.05, 0) is 30.2 Å². The van der Waals surface area contributed by atoms with E-state index in [0.717, 1.165) is 11.1 Å². The molecule has 0 aliphatic carbocycles. The van der Waals surface area contributed by atoms with Crippen molar-refractivity contribution in [3.05, 3.63) is 65.2 Å². The third kappa shape index (κ3) is 4.45. The van der Waals surface area contributed by atoms with E-state index in [9.17, 15) is 9.59 Å². The largest absolute Gasteiger partial charge is 0.345 e. The van der Waals surface area contributed by atoms with Gasteiger partial charge in [0, 0.05) is 31.4 Å². The third-order valence-corrected chi connectivity index (χ3v) is 4.29. The van der Waals surface area contributed by atoms with Crippen LogP contribution in [0.5, 0.6) is 0 Å². The van der Waals surface area contributed by atoms with E-state index in [-0.39, 0.29) is 11.8 Å². The van der Waals surface area contributed by atoms with Crippen molar-refractivity contribution < 1.29 is 9.59 Å². The number of hydrogen-bond donors (Lipinski definition) is 2. The molecule has 2 aromatic rings. The van der Waals surface area contributed by atoms with Gasteiger partial charge in [0.15, 0.2) is 0 Å². The first-order valence-corrected chi connectivity index (χ1v) is 8.25. The molecule has 3 N–H and O–H groups in total. The van der Waals surface area contributed by atoms with Gasteiger partial charge in [-0.3, -0.25) is 9.59 Å². The lowest BCUT2D eigenvalue weighted by molar-refractivity contribution is -0.120. The maximum Gasteiger partial charge on any atom is 0.253 e. The van der Waals surface area contributed by atoms with Crippen LogP contribution in [0.2, 0.25) is 0 Å². The Balaban J connectivity index is 2.17. The number of rotatable bonds is 5. The number of carbonyl (C=O) groups excluding carboxylic acids is 2. The SMILES string of the molecule is Cc1ccc(C(=O)N(C)C)cc1NC(=O)C(C)C(N)c1ccccc1. The van der Waals surface area contributed by atoms with Crippen molar-refractivity contribution >= 4 is 17.5 Å². The molecule has 2 amide bonds. The zero-order valence-corrected chi connectivity index (χ0v) is 15.1. The molecule has 5 heteroatoms. The second-order valence-corrected chi connectivity index (χ2v) is 6.44. The van der Waals surface area contributed by atoms with E-state index < -0.39 is 12.0 Å². The molecule has 2 rings (SSSR count). The Labute approximate surface area is 148 Å². The van der Waals surface area contributed by atoms with Crippen molar-refractivity contribution in [2.24, 2.45) is 11.7 Å². The van der Waals surface area contributed by atoms with Crippen LogP contribution >= 0.6 is 0 Å². The van der Waals surface area contributed by atoms with E-state index in [1.165, 1.54) is 4.90 Å². The molecule has 0 heterocycles. The Morgan fingerprint density at radius 2 is 1.72 bits per heavy atom. The van der Waals surface area contributed by atoms with E-state index in [0.29, 0.717) is 11.3 Å². The molecule has 25 heavy (non-hydrogen) atoms. The fourth-order valence-electron chi connectivity index (χ4n) is 2.52. The van der Waals surface area contributed by atoms with Gasteiger partial charge in [0.25, 0.3) is 5.91 Å². The summed E-state index contributed by atoms with van der Waals surface area (Å²) in [6.45, 7) is 3.69. The van der Waals surface area contributed by atoms with E-state index in [4.69, 9.17) is 5.73 Å². The predicted octanol–water partition coefficient (Wildman–Crippen LogP) is 2.97. The zero-order chi connectivity index (χ0) is 18.6. The van der Waals surface area contributed by atoms with Crippen molar-refractivity contribution in [3.63, 3.8) is 0 Å². The van der Waals surface area contributed by atoms with E-state index in [1.54, 1.807) is 33.2 Å². The van der Waals surface area contributed by atoms with Crippen LogP contribution in [-0.2, 0) is 4.79 Å².